The number of anilines is 2. The molecule has 1 aliphatic heterocycles. The zero-order chi connectivity index (χ0) is 24.8. The summed E-state index contributed by atoms with van der Waals surface area (Å²) in [5, 5.41) is 2.82. The van der Waals surface area contributed by atoms with Crippen molar-refractivity contribution in [1.29, 1.82) is 0 Å². The van der Waals surface area contributed by atoms with Crippen molar-refractivity contribution < 1.29 is 23.9 Å². The Morgan fingerprint density at radius 2 is 1.63 bits per heavy atom. The van der Waals surface area contributed by atoms with E-state index in [1.54, 1.807) is 62.8 Å². The molecule has 8 heteroatoms. The average Bonchev–Trinajstić information content (AvgIpc) is 3.12. The Balaban J connectivity index is 1.52. The summed E-state index contributed by atoms with van der Waals surface area (Å²) in [6.45, 7) is 0.392. The molecule has 0 radical (unpaired) electrons. The standard InChI is InChI=1S/C27H31N3O5/c1-34-22-12-8-20(9-13-22)28-25(31)18-24-26(32)30(21-10-14-23(35-2)15-11-21)27(33)29(24)17-16-19-6-4-3-5-7-19/h6,8-15,24H,3-5,7,16-18H2,1-2H3,(H,28,31)/t24-/m1/s1. The molecule has 0 unspecified atom stereocenters. The van der Waals surface area contributed by atoms with Gasteiger partial charge in [0.15, 0.2) is 0 Å². The molecule has 0 bridgehead atoms. The Morgan fingerprint density at radius 1 is 0.971 bits per heavy atom. The largest absolute Gasteiger partial charge is 0.497 e. The van der Waals surface area contributed by atoms with E-state index in [2.05, 4.69) is 11.4 Å². The lowest BCUT2D eigenvalue weighted by Gasteiger charge is -2.23. The number of hydrogen-bond donors (Lipinski definition) is 1. The zero-order valence-corrected chi connectivity index (χ0v) is 20.2. The number of hydrogen-bond acceptors (Lipinski definition) is 5. The predicted molar refractivity (Wildman–Crippen MR) is 134 cm³/mol. The van der Waals surface area contributed by atoms with Crippen molar-refractivity contribution in [2.24, 2.45) is 0 Å². The third-order valence-electron chi connectivity index (χ3n) is 6.46. The van der Waals surface area contributed by atoms with Gasteiger partial charge in [0.1, 0.15) is 17.5 Å². The molecule has 8 nitrogen and oxygen atoms in total. The van der Waals surface area contributed by atoms with E-state index in [-0.39, 0.29) is 12.3 Å². The van der Waals surface area contributed by atoms with E-state index in [1.165, 1.54) is 21.8 Å². The topological polar surface area (TPSA) is 88.2 Å². The van der Waals surface area contributed by atoms with Gasteiger partial charge in [-0.3, -0.25) is 9.59 Å². The fourth-order valence-electron chi connectivity index (χ4n) is 4.51. The van der Waals surface area contributed by atoms with Crippen molar-refractivity contribution in [3.05, 3.63) is 60.2 Å². The molecule has 1 saturated heterocycles. The van der Waals surface area contributed by atoms with Crippen LogP contribution in [0.25, 0.3) is 0 Å². The molecule has 1 atom stereocenters. The second kappa shape index (κ2) is 11.1. The molecule has 1 N–H and O–H groups in total. The molecule has 0 spiro atoms. The number of methoxy groups -OCH3 is 2. The molecular weight excluding hydrogens is 446 g/mol. The molecule has 0 saturated carbocycles. The highest BCUT2D eigenvalue weighted by atomic mass is 16.5. The number of carbonyl (C=O) groups excluding carboxylic acids is 3. The van der Waals surface area contributed by atoms with Crippen LogP contribution in [-0.2, 0) is 9.59 Å². The fourth-order valence-corrected chi connectivity index (χ4v) is 4.51. The van der Waals surface area contributed by atoms with Crippen molar-refractivity contribution in [3.63, 3.8) is 0 Å². The van der Waals surface area contributed by atoms with Crippen LogP contribution in [0.5, 0.6) is 11.5 Å². The summed E-state index contributed by atoms with van der Waals surface area (Å²) in [4.78, 5) is 42.4. The monoisotopic (exact) mass is 477 g/mol. The lowest BCUT2D eigenvalue weighted by Crippen LogP contribution is -2.38. The lowest BCUT2D eigenvalue weighted by molar-refractivity contribution is -0.124. The van der Waals surface area contributed by atoms with E-state index in [0.717, 1.165) is 19.3 Å². The summed E-state index contributed by atoms with van der Waals surface area (Å²) in [5.74, 6) is 0.574. The molecule has 4 amide bonds. The summed E-state index contributed by atoms with van der Waals surface area (Å²) in [5.41, 5.74) is 2.36. The van der Waals surface area contributed by atoms with E-state index < -0.39 is 18.0 Å². The number of benzene rings is 2. The highest BCUT2D eigenvalue weighted by Gasteiger charge is 2.46. The molecule has 2 aromatic carbocycles. The second-order valence-corrected chi connectivity index (χ2v) is 8.70. The molecule has 35 heavy (non-hydrogen) atoms. The molecule has 184 valence electrons. The highest BCUT2D eigenvalue weighted by Crippen LogP contribution is 2.30. The van der Waals surface area contributed by atoms with Crippen LogP contribution in [0, 0.1) is 0 Å². The van der Waals surface area contributed by atoms with Crippen LogP contribution in [-0.4, -0.2) is 49.6 Å². The Labute approximate surface area is 205 Å². The van der Waals surface area contributed by atoms with Crippen LogP contribution in [0.1, 0.15) is 38.5 Å². The first-order valence-electron chi connectivity index (χ1n) is 11.9. The first kappa shape index (κ1) is 24.3. The highest BCUT2D eigenvalue weighted by molar-refractivity contribution is 6.22. The van der Waals surface area contributed by atoms with Gasteiger partial charge in [-0.2, -0.15) is 0 Å². The number of urea groups is 1. The number of imide groups is 1. The van der Waals surface area contributed by atoms with Crippen molar-refractivity contribution in [2.75, 3.05) is 31.0 Å². The SMILES string of the molecule is COc1ccc(NC(=O)C[C@@H]2C(=O)N(c3ccc(OC)cc3)C(=O)N2CCC2=CCCCC2)cc1. The van der Waals surface area contributed by atoms with E-state index in [4.69, 9.17) is 9.47 Å². The van der Waals surface area contributed by atoms with E-state index in [0.29, 0.717) is 35.8 Å². The molecule has 4 rings (SSSR count). The minimum absolute atomic E-state index is 0.123. The van der Waals surface area contributed by atoms with Crippen LogP contribution >= 0.6 is 0 Å². The number of nitrogens with zero attached hydrogens (tertiary/aromatic N) is 2. The Kier molecular flexibility index (Phi) is 7.70. The number of rotatable bonds is 9. The quantitative estimate of drug-likeness (QED) is 0.416. The van der Waals surface area contributed by atoms with Gasteiger partial charge in [-0.05, 0) is 80.6 Å². The maximum atomic E-state index is 13.4. The van der Waals surface area contributed by atoms with Crippen LogP contribution in [0.3, 0.4) is 0 Å². The maximum absolute atomic E-state index is 13.4. The molecule has 1 fully saturated rings. The maximum Gasteiger partial charge on any atom is 0.332 e. The summed E-state index contributed by atoms with van der Waals surface area (Å²) >= 11 is 0. The zero-order valence-electron chi connectivity index (χ0n) is 20.2. The normalized spacial score (nSPS) is 17.9. The molecule has 1 aliphatic carbocycles. The van der Waals surface area contributed by atoms with Gasteiger partial charge in [-0.15, -0.1) is 0 Å². The van der Waals surface area contributed by atoms with E-state index >= 15 is 0 Å². The van der Waals surface area contributed by atoms with Crippen LogP contribution in [0.15, 0.2) is 60.2 Å². The first-order valence-corrected chi connectivity index (χ1v) is 11.9. The van der Waals surface area contributed by atoms with Gasteiger partial charge in [0.05, 0.1) is 26.3 Å². The summed E-state index contributed by atoms with van der Waals surface area (Å²) < 4.78 is 10.3. The number of ether oxygens (including phenoxy) is 2. The van der Waals surface area contributed by atoms with Crippen LogP contribution in [0.4, 0.5) is 16.2 Å². The summed E-state index contributed by atoms with van der Waals surface area (Å²) in [7, 11) is 3.13. The molecule has 0 aromatic heterocycles. The third kappa shape index (κ3) is 5.65. The van der Waals surface area contributed by atoms with Crippen LogP contribution < -0.4 is 19.7 Å². The molecule has 2 aromatic rings. The minimum Gasteiger partial charge on any atom is -0.497 e. The van der Waals surface area contributed by atoms with Crippen LogP contribution in [0.2, 0.25) is 0 Å². The van der Waals surface area contributed by atoms with Gasteiger partial charge in [-0.1, -0.05) is 11.6 Å². The van der Waals surface area contributed by atoms with Gasteiger partial charge in [0.2, 0.25) is 5.91 Å². The van der Waals surface area contributed by atoms with Crippen molar-refractivity contribution in [1.82, 2.24) is 4.90 Å². The van der Waals surface area contributed by atoms with Crippen molar-refractivity contribution in [2.45, 2.75) is 44.6 Å². The van der Waals surface area contributed by atoms with E-state index in [9.17, 15) is 14.4 Å². The minimum atomic E-state index is -0.868. The first-order chi connectivity index (χ1) is 17.0. The average molecular weight is 478 g/mol. The Bertz CT molecular complexity index is 1090. The second-order valence-electron chi connectivity index (χ2n) is 8.70. The number of allylic oxidation sites excluding steroid dienone is 1. The smallest absolute Gasteiger partial charge is 0.332 e. The molecule has 2 aliphatic rings. The fraction of sp³-hybridized carbons (Fsp3) is 0.370. The Morgan fingerprint density at radius 3 is 2.23 bits per heavy atom. The van der Waals surface area contributed by atoms with Crippen molar-refractivity contribution >= 4 is 29.2 Å². The van der Waals surface area contributed by atoms with Gasteiger partial charge >= 0.3 is 6.03 Å². The number of carbonyl (C=O) groups is 3. The predicted octanol–water partition coefficient (Wildman–Crippen LogP) is 4.76. The number of amides is 4. The van der Waals surface area contributed by atoms with E-state index in [1.807, 2.05) is 0 Å². The van der Waals surface area contributed by atoms with Crippen molar-refractivity contribution in [3.8, 4) is 11.5 Å². The number of nitrogens with one attached hydrogen (secondary N) is 1. The molecular formula is C27H31N3O5. The van der Waals surface area contributed by atoms with Gasteiger partial charge in [0, 0.05) is 12.2 Å². The van der Waals surface area contributed by atoms with Gasteiger partial charge in [0.25, 0.3) is 5.91 Å². The summed E-state index contributed by atoms with van der Waals surface area (Å²) in [6, 6.07) is 12.4. The van der Waals surface area contributed by atoms with Gasteiger partial charge in [-0.25, -0.2) is 9.69 Å². The summed E-state index contributed by atoms with van der Waals surface area (Å²) in [6.07, 6.45) is 7.20. The van der Waals surface area contributed by atoms with Gasteiger partial charge < -0.3 is 19.7 Å². The third-order valence-corrected chi connectivity index (χ3v) is 6.46. The molecule has 1 heterocycles. The Hall–Kier alpha value is -3.81. The lowest BCUT2D eigenvalue weighted by atomic mass is 9.97.